The van der Waals surface area contributed by atoms with Crippen LogP contribution in [0.3, 0.4) is 0 Å². The molecule has 2 rings (SSSR count). The van der Waals surface area contributed by atoms with Crippen molar-refractivity contribution < 1.29 is 13.2 Å². The molecular weight excluding hydrogens is 280 g/mol. The molecule has 110 valence electrons. The minimum absolute atomic E-state index is 0.114. The molecule has 3 N–H and O–H groups in total. The lowest BCUT2D eigenvalue weighted by molar-refractivity contribution is 0.0953. The lowest BCUT2D eigenvalue weighted by atomic mass is 10.2. The summed E-state index contributed by atoms with van der Waals surface area (Å²) in [5.74, 6) is 4.54. The van der Waals surface area contributed by atoms with E-state index in [0.717, 1.165) is 0 Å². The Morgan fingerprint density at radius 1 is 1.25 bits per heavy atom. The Morgan fingerprint density at radius 2 is 1.90 bits per heavy atom. The first-order valence-corrected chi connectivity index (χ1v) is 7.69. The van der Waals surface area contributed by atoms with Gasteiger partial charge in [-0.25, -0.2) is 14.3 Å². The van der Waals surface area contributed by atoms with E-state index in [2.05, 4.69) is 4.90 Å². The maximum atomic E-state index is 12.5. The Kier molecular flexibility index (Phi) is 4.39. The van der Waals surface area contributed by atoms with E-state index in [1.165, 1.54) is 28.6 Å². The van der Waals surface area contributed by atoms with Gasteiger partial charge in [-0.3, -0.25) is 10.2 Å². The molecule has 1 heterocycles. The van der Waals surface area contributed by atoms with Gasteiger partial charge in [0.05, 0.1) is 4.90 Å². The van der Waals surface area contributed by atoms with Gasteiger partial charge in [-0.2, -0.15) is 4.31 Å². The second-order valence-corrected chi connectivity index (χ2v) is 6.65. The summed E-state index contributed by atoms with van der Waals surface area (Å²) in [5.41, 5.74) is 2.22. The first-order valence-electron chi connectivity index (χ1n) is 6.25. The van der Waals surface area contributed by atoms with Crippen molar-refractivity contribution in [1.29, 1.82) is 0 Å². The van der Waals surface area contributed by atoms with Gasteiger partial charge in [0.25, 0.3) is 5.91 Å². The summed E-state index contributed by atoms with van der Waals surface area (Å²) in [6, 6.07) is 5.88. The third kappa shape index (κ3) is 2.98. The zero-order chi connectivity index (χ0) is 14.8. The molecule has 0 radical (unpaired) electrons. The van der Waals surface area contributed by atoms with E-state index in [9.17, 15) is 13.2 Å². The van der Waals surface area contributed by atoms with E-state index in [1.54, 1.807) is 0 Å². The van der Waals surface area contributed by atoms with E-state index in [1.807, 2.05) is 12.5 Å². The van der Waals surface area contributed by atoms with Gasteiger partial charge in [-0.05, 0) is 25.2 Å². The molecule has 0 atom stereocenters. The van der Waals surface area contributed by atoms with Crippen LogP contribution >= 0.6 is 0 Å². The summed E-state index contributed by atoms with van der Waals surface area (Å²) >= 11 is 0. The van der Waals surface area contributed by atoms with Crippen LogP contribution in [0.4, 0.5) is 0 Å². The van der Waals surface area contributed by atoms with Gasteiger partial charge in [0.1, 0.15) is 0 Å². The molecule has 0 unspecified atom stereocenters. The first-order chi connectivity index (χ1) is 9.45. The lowest BCUT2D eigenvalue weighted by Crippen LogP contribution is -2.47. The Morgan fingerprint density at radius 3 is 2.50 bits per heavy atom. The van der Waals surface area contributed by atoms with Crippen molar-refractivity contribution in [2.45, 2.75) is 4.90 Å². The molecule has 0 aromatic heterocycles. The number of hydrazine groups is 1. The number of rotatable bonds is 3. The molecule has 1 aliphatic rings. The number of carbonyl (C=O) groups excluding carboxylic acids is 1. The van der Waals surface area contributed by atoms with Crippen molar-refractivity contribution in [3.63, 3.8) is 0 Å². The van der Waals surface area contributed by atoms with E-state index in [0.29, 0.717) is 26.2 Å². The molecule has 7 nitrogen and oxygen atoms in total. The average Bonchev–Trinajstić information content (AvgIpc) is 2.47. The van der Waals surface area contributed by atoms with Gasteiger partial charge in [0.15, 0.2) is 0 Å². The number of sulfonamides is 1. The fraction of sp³-hybridized carbons (Fsp3) is 0.417. The average molecular weight is 298 g/mol. The summed E-state index contributed by atoms with van der Waals surface area (Å²) in [4.78, 5) is 13.6. The lowest BCUT2D eigenvalue weighted by Gasteiger charge is -2.31. The van der Waals surface area contributed by atoms with Crippen LogP contribution < -0.4 is 11.3 Å². The summed E-state index contributed by atoms with van der Waals surface area (Å²) in [5, 5.41) is 0. The number of carbonyl (C=O) groups is 1. The predicted octanol–water partition coefficient (Wildman–Crippen LogP) is -0.774. The van der Waals surface area contributed by atoms with Crippen LogP contribution in [0.5, 0.6) is 0 Å². The molecule has 20 heavy (non-hydrogen) atoms. The Hall–Kier alpha value is -1.48. The number of nitrogens with one attached hydrogen (secondary N) is 1. The number of benzene rings is 1. The largest absolute Gasteiger partial charge is 0.304 e. The van der Waals surface area contributed by atoms with E-state index < -0.39 is 15.9 Å². The summed E-state index contributed by atoms with van der Waals surface area (Å²) < 4.78 is 26.4. The maximum absolute atomic E-state index is 12.5. The SMILES string of the molecule is CN1CCN(S(=O)(=O)c2cccc(C(=O)NN)c2)CC1. The number of likely N-dealkylation sites (N-methyl/N-ethyl adjacent to an activating group) is 1. The number of hydrogen-bond donors (Lipinski definition) is 2. The van der Waals surface area contributed by atoms with E-state index >= 15 is 0 Å². The topological polar surface area (TPSA) is 95.7 Å². The quantitative estimate of drug-likeness (QED) is 0.434. The summed E-state index contributed by atoms with van der Waals surface area (Å²) in [6.07, 6.45) is 0. The van der Waals surface area contributed by atoms with Gasteiger partial charge < -0.3 is 4.90 Å². The van der Waals surface area contributed by atoms with Crippen molar-refractivity contribution in [3.8, 4) is 0 Å². The number of nitrogens with two attached hydrogens (primary N) is 1. The van der Waals surface area contributed by atoms with Crippen LogP contribution in [0.15, 0.2) is 29.2 Å². The molecule has 1 aliphatic heterocycles. The standard InChI is InChI=1S/C12H18N4O3S/c1-15-5-7-16(8-6-15)20(18,19)11-4-2-3-10(9-11)12(17)14-13/h2-4,9H,5-8,13H2,1H3,(H,14,17). The maximum Gasteiger partial charge on any atom is 0.265 e. The smallest absolute Gasteiger partial charge is 0.265 e. The minimum atomic E-state index is -3.56. The van der Waals surface area contributed by atoms with Crippen LogP contribution in [-0.4, -0.2) is 56.8 Å². The fourth-order valence-corrected chi connectivity index (χ4v) is 3.53. The molecule has 0 bridgehead atoms. The monoisotopic (exact) mass is 298 g/mol. The van der Waals surface area contributed by atoms with Gasteiger partial charge in [-0.15, -0.1) is 0 Å². The highest BCUT2D eigenvalue weighted by Gasteiger charge is 2.27. The van der Waals surface area contributed by atoms with Crippen LogP contribution in [-0.2, 0) is 10.0 Å². The normalized spacial score (nSPS) is 17.9. The second kappa shape index (κ2) is 5.88. The van der Waals surface area contributed by atoms with Crippen molar-refractivity contribution >= 4 is 15.9 Å². The number of nitrogen functional groups attached to an aromatic ring is 1. The molecule has 0 saturated carbocycles. The van der Waals surface area contributed by atoms with Gasteiger partial charge >= 0.3 is 0 Å². The van der Waals surface area contributed by atoms with Gasteiger partial charge in [-0.1, -0.05) is 6.07 Å². The fourth-order valence-electron chi connectivity index (χ4n) is 2.06. The van der Waals surface area contributed by atoms with Crippen molar-refractivity contribution in [2.24, 2.45) is 5.84 Å². The number of amides is 1. The molecule has 1 saturated heterocycles. The molecule has 1 amide bonds. The highest BCUT2D eigenvalue weighted by atomic mass is 32.2. The third-order valence-electron chi connectivity index (χ3n) is 3.33. The molecule has 1 aromatic carbocycles. The first kappa shape index (κ1) is 14.9. The summed E-state index contributed by atoms with van der Waals surface area (Å²) in [6.45, 7) is 2.29. The predicted molar refractivity (Wildman–Crippen MR) is 74.4 cm³/mol. The number of hydrogen-bond acceptors (Lipinski definition) is 5. The molecule has 0 spiro atoms. The van der Waals surface area contributed by atoms with Crippen molar-refractivity contribution in [1.82, 2.24) is 14.6 Å². The zero-order valence-electron chi connectivity index (χ0n) is 11.2. The molecule has 0 aliphatic carbocycles. The highest BCUT2D eigenvalue weighted by Crippen LogP contribution is 2.18. The third-order valence-corrected chi connectivity index (χ3v) is 5.22. The Balaban J connectivity index is 2.28. The Labute approximate surface area is 118 Å². The second-order valence-electron chi connectivity index (χ2n) is 4.71. The van der Waals surface area contributed by atoms with Crippen molar-refractivity contribution in [2.75, 3.05) is 33.2 Å². The van der Waals surface area contributed by atoms with E-state index in [4.69, 9.17) is 5.84 Å². The molecule has 8 heteroatoms. The summed E-state index contributed by atoms with van der Waals surface area (Å²) in [7, 11) is -1.61. The van der Waals surface area contributed by atoms with Gasteiger partial charge in [0, 0.05) is 31.7 Å². The number of nitrogens with zero attached hydrogens (tertiary/aromatic N) is 2. The molecule has 1 fully saturated rings. The number of piperazine rings is 1. The minimum Gasteiger partial charge on any atom is -0.304 e. The van der Waals surface area contributed by atoms with E-state index in [-0.39, 0.29) is 10.5 Å². The molecule has 1 aromatic rings. The van der Waals surface area contributed by atoms with Gasteiger partial charge in [0.2, 0.25) is 10.0 Å². The zero-order valence-corrected chi connectivity index (χ0v) is 12.1. The van der Waals surface area contributed by atoms with Crippen LogP contribution in [0.2, 0.25) is 0 Å². The Bertz CT molecular complexity index is 594. The van der Waals surface area contributed by atoms with Crippen LogP contribution in [0, 0.1) is 0 Å². The molecular formula is C12H18N4O3S. The van der Waals surface area contributed by atoms with Crippen LogP contribution in [0.25, 0.3) is 0 Å². The highest BCUT2D eigenvalue weighted by molar-refractivity contribution is 7.89. The van der Waals surface area contributed by atoms with Crippen molar-refractivity contribution in [3.05, 3.63) is 29.8 Å². The van der Waals surface area contributed by atoms with Crippen LogP contribution in [0.1, 0.15) is 10.4 Å².